The van der Waals surface area contributed by atoms with Gasteiger partial charge in [-0.2, -0.15) is 0 Å². The molecule has 2 aromatic rings. The van der Waals surface area contributed by atoms with E-state index in [1.165, 1.54) is 11.8 Å². The highest BCUT2D eigenvalue weighted by molar-refractivity contribution is 7.18. The molecule has 0 radical (unpaired) electrons. The Morgan fingerprint density at radius 3 is 3.06 bits per heavy atom. The van der Waals surface area contributed by atoms with Crippen LogP contribution in [0.3, 0.4) is 0 Å². The third kappa shape index (κ3) is 1.64. The van der Waals surface area contributed by atoms with Crippen LogP contribution in [-0.4, -0.2) is 15.9 Å². The maximum absolute atomic E-state index is 12.0. The number of amides is 1. The SMILES string of the molecule is CC(=O)Nc1nc2sc3c(c2c(=O)[nH]1)CCC3. The van der Waals surface area contributed by atoms with Crippen LogP contribution in [0.2, 0.25) is 0 Å². The van der Waals surface area contributed by atoms with Crippen molar-refractivity contribution < 1.29 is 4.79 Å². The summed E-state index contributed by atoms with van der Waals surface area (Å²) < 4.78 is 0. The Bertz CT molecular complexity index is 671. The Labute approximate surface area is 101 Å². The van der Waals surface area contributed by atoms with Crippen LogP contribution in [0.1, 0.15) is 23.8 Å². The van der Waals surface area contributed by atoms with Crippen molar-refractivity contribution in [3.63, 3.8) is 0 Å². The molecule has 0 spiro atoms. The fraction of sp³-hybridized carbons (Fsp3) is 0.364. The first kappa shape index (κ1) is 10.5. The highest BCUT2D eigenvalue weighted by Gasteiger charge is 2.21. The second-order valence-electron chi connectivity index (χ2n) is 4.13. The van der Waals surface area contributed by atoms with E-state index in [2.05, 4.69) is 15.3 Å². The normalized spacial score (nSPS) is 13.9. The summed E-state index contributed by atoms with van der Waals surface area (Å²) in [4.78, 5) is 31.8. The quantitative estimate of drug-likeness (QED) is 0.802. The molecule has 2 N–H and O–H groups in total. The van der Waals surface area contributed by atoms with Gasteiger partial charge in [-0.15, -0.1) is 11.3 Å². The standard InChI is InChI=1S/C11H11N3O2S/c1-5(15)12-11-13-9(16)8-6-3-2-4-7(6)17-10(8)14-11/h2-4H2,1H3,(H2,12,13,14,15,16). The summed E-state index contributed by atoms with van der Waals surface area (Å²) in [5.41, 5.74) is 0.992. The van der Waals surface area contributed by atoms with E-state index in [1.807, 2.05) is 0 Å². The number of carbonyl (C=O) groups is 1. The summed E-state index contributed by atoms with van der Waals surface area (Å²) in [6.07, 6.45) is 3.11. The van der Waals surface area contributed by atoms with Gasteiger partial charge < -0.3 is 0 Å². The molecule has 5 nitrogen and oxygen atoms in total. The van der Waals surface area contributed by atoms with Crippen LogP contribution in [0, 0.1) is 0 Å². The highest BCUT2D eigenvalue weighted by atomic mass is 32.1. The molecule has 0 aliphatic heterocycles. The molecular formula is C11H11N3O2S. The summed E-state index contributed by atoms with van der Waals surface area (Å²) in [6.45, 7) is 1.39. The predicted octanol–water partition coefficient (Wildman–Crippen LogP) is 1.43. The van der Waals surface area contributed by atoms with Gasteiger partial charge in [0.25, 0.3) is 5.56 Å². The van der Waals surface area contributed by atoms with Gasteiger partial charge in [0.05, 0.1) is 5.39 Å². The van der Waals surface area contributed by atoms with Crippen molar-refractivity contribution in [1.82, 2.24) is 9.97 Å². The summed E-state index contributed by atoms with van der Waals surface area (Å²) in [6, 6.07) is 0. The molecule has 0 saturated heterocycles. The number of anilines is 1. The number of nitrogens with zero attached hydrogens (tertiary/aromatic N) is 1. The summed E-state index contributed by atoms with van der Waals surface area (Å²) >= 11 is 1.56. The van der Waals surface area contributed by atoms with Crippen molar-refractivity contribution in [2.75, 3.05) is 5.32 Å². The number of H-pyrrole nitrogens is 1. The molecule has 2 heterocycles. The smallest absolute Gasteiger partial charge is 0.261 e. The predicted molar refractivity (Wildman–Crippen MR) is 66.6 cm³/mol. The zero-order valence-electron chi connectivity index (χ0n) is 9.29. The number of aromatic amines is 1. The Balaban J connectivity index is 2.22. The van der Waals surface area contributed by atoms with E-state index in [1.54, 1.807) is 11.3 Å². The number of aromatic nitrogens is 2. The minimum atomic E-state index is -0.239. The molecule has 0 unspecified atom stereocenters. The lowest BCUT2D eigenvalue weighted by molar-refractivity contribution is -0.114. The van der Waals surface area contributed by atoms with E-state index < -0.39 is 0 Å². The number of nitrogens with one attached hydrogen (secondary N) is 2. The number of fused-ring (bicyclic) bond motifs is 3. The van der Waals surface area contributed by atoms with Crippen LogP contribution in [0.25, 0.3) is 10.2 Å². The van der Waals surface area contributed by atoms with Crippen molar-refractivity contribution in [3.8, 4) is 0 Å². The molecule has 1 aliphatic rings. The molecule has 1 aliphatic carbocycles. The molecule has 6 heteroatoms. The van der Waals surface area contributed by atoms with Gasteiger partial charge in [0.15, 0.2) is 0 Å². The number of hydrogen-bond acceptors (Lipinski definition) is 4. The number of thiophene rings is 1. The van der Waals surface area contributed by atoms with E-state index in [4.69, 9.17) is 0 Å². The minimum Gasteiger partial charge on any atom is -0.296 e. The third-order valence-corrected chi connectivity index (χ3v) is 4.06. The number of rotatable bonds is 1. The zero-order chi connectivity index (χ0) is 12.0. The first-order chi connectivity index (χ1) is 8.15. The number of carbonyl (C=O) groups excluding carboxylic acids is 1. The second-order valence-corrected chi connectivity index (χ2v) is 5.22. The van der Waals surface area contributed by atoms with E-state index in [9.17, 15) is 9.59 Å². The van der Waals surface area contributed by atoms with Gasteiger partial charge in [-0.3, -0.25) is 19.9 Å². The van der Waals surface area contributed by atoms with Crippen molar-refractivity contribution in [2.24, 2.45) is 0 Å². The lowest BCUT2D eigenvalue weighted by atomic mass is 10.2. The molecular weight excluding hydrogens is 238 g/mol. The molecule has 0 saturated carbocycles. The van der Waals surface area contributed by atoms with Crippen LogP contribution >= 0.6 is 11.3 Å². The third-order valence-electron chi connectivity index (χ3n) is 2.87. The Morgan fingerprint density at radius 2 is 2.29 bits per heavy atom. The van der Waals surface area contributed by atoms with Gasteiger partial charge in [-0.1, -0.05) is 0 Å². The van der Waals surface area contributed by atoms with Gasteiger partial charge in [-0.25, -0.2) is 4.98 Å². The first-order valence-corrected chi connectivity index (χ1v) is 6.29. The van der Waals surface area contributed by atoms with E-state index in [-0.39, 0.29) is 17.4 Å². The van der Waals surface area contributed by atoms with Crippen LogP contribution < -0.4 is 10.9 Å². The van der Waals surface area contributed by atoms with Crippen molar-refractivity contribution in [3.05, 3.63) is 20.8 Å². The van der Waals surface area contributed by atoms with Gasteiger partial charge in [0.2, 0.25) is 11.9 Å². The topological polar surface area (TPSA) is 74.8 Å². The summed E-state index contributed by atoms with van der Waals surface area (Å²) in [5.74, 6) is -0.00785. The van der Waals surface area contributed by atoms with Gasteiger partial charge in [-0.05, 0) is 24.8 Å². The van der Waals surface area contributed by atoms with E-state index in [0.717, 1.165) is 29.7 Å². The van der Waals surface area contributed by atoms with Crippen molar-refractivity contribution in [1.29, 1.82) is 0 Å². The molecule has 0 atom stereocenters. The Kier molecular flexibility index (Phi) is 2.25. The Hall–Kier alpha value is -1.69. The van der Waals surface area contributed by atoms with Crippen LogP contribution in [0.4, 0.5) is 5.95 Å². The summed E-state index contributed by atoms with van der Waals surface area (Å²) in [7, 11) is 0. The molecule has 0 aromatic carbocycles. The number of aryl methyl sites for hydroxylation is 2. The van der Waals surface area contributed by atoms with Crippen molar-refractivity contribution in [2.45, 2.75) is 26.2 Å². The fourth-order valence-corrected chi connectivity index (χ4v) is 3.49. The summed E-state index contributed by atoms with van der Waals surface area (Å²) in [5, 5.41) is 3.21. The van der Waals surface area contributed by atoms with Gasteiger partial charge in [0.1, 0.15) is 4.83 Å². The first-order valence-electron chi connectivity index (χ1n) is 5.47. The maximum Gasteiger partial charge on any atom is 0.261 e. The molecule has 88 valence electrons. The molecule has 1 amide bonds. The lowest BCUT2D eigenvalue weighted by Crippen LogP contribution is -2.15. The van der Waals surface area contributed by atoms with Crippen LogP contribution in [-0.2, 0) is 17.6 Å². The average Bonchev–Trinajstić information content (AvgIpc) is 2.74. The second kappa shape index (κ2) is 3.66. The largest absolute Gasteiger partial charge is 0.296 e. The van der Waals surface area contributed by atoms with Crippen LogP contribution in [0.5, 0.6) is 0 Å². The Morgan fingerprint density at radius 1 is 1.47 bits per heavy atom. The van der Waals surface area contributed by atoms with Gasteiger partial charge >= 0.3 is 0 Å². The molecule has 0 bridgehead atoms. The minimum absolute atomic E-state index is 0.154. The van der Waals surface area contributed by atoms with Crippen molar-refractivity contribution >= 4 is 33.4 Å². The monoisotopic (exact) mass is 249 g/mol. The maximum atomic E-state index is 12.0. The van der Waals surface area contributed by atoms with E-state index >= 15 is 0 Å². The molecule has 3 rings (SSSR count). The molecule has 2 aromatic heterocycles. The average molecular weight is 249 g/mol. The van der Waals surface area contributed by atoms with Gasteiger partial charge in [0, 0.05) is 11.8 Å². The molecule has 0 fully saturated rings. The lowest BCUT2D eigenvalue weighted by Gasteiger charge is -2.00. The van der Waals surface area contributed by atoms with E-state index in [0.29, 0.717) is 5.39 Å². The number of hydrogen-bond donors (Lipinski definition) is 2. The zero-order valence-corrected chi connectivity index (χ0v) is 10.1. The fourth-order valence-electron chi connectivity index (χ4n) is 2.23. The molecule has 17 heavy (non-hydrogen) atoms. The van der Waals surface area contributed by atoms with Crippen LogP contribution in [0.15, 0.2) is 4.79 Å². The highest BCUT2D eigenvalue weighted by Crippen LogP contribution is 2.34.